The molecule has 1 N–H and O–H groups in total. The molecule has 0 aliphatic rings. The van der Waals surface area contributed by atoms with E-state index in [4.69, 9.17) is 9.52 Å². The number of allylic oxidation sites excluding steroid dienone is 4. The molecule has 0 spiro atoms. The quantitative estimate of drug-likeness (QED) is 0.586. The summed E-state index contributed by atoms with van der Waals surface area (Å²) in [5.74, 6) is -1.03. The molecule has 0 saturated heterocycles. The Kier molecular flexibility index (Phi) is 5.66. The summed E-state index contributed by atoms with van der Waals surface area (Å²) in [6.07, 6.45) is 0.930. The second kappa shape index (κ2) is 7.73. The zero-order chi connectivity index (χ0) is 19.3. The highest BCUT2D eigenvalue weighted by Crippen LogP contribution is 2.29. The third-order valence-electron chi connectivity index (χ3n) is 3.11. The van der Waals surface area contributed by atoms with Crippen molar-refractivity contribution in [2.24, 2.45) is 0 Å². The van der Waals surface area contributed by atoms with E-state index in [9.17, 15) is 18.0 Å². The molecule has 0 aliphatic heterocycles. The molecular formula is C18H14F3NO4. The highest BCUT2D eigenvalue weighted by atomic mass is 19.4. The molecule has 1 aromatic carbocycles. The summed E-state index contributed by atoms with van der Waals surface area (Å²) in [5.41, 5.74) is 0.862. The summed E-state index contributed by atoms with van der Waals surface area (Å²) >= 11 is 0. The van der Waals surface area contributed by atoms with Gasteiger partial charge in [0.1, 0.15) is 5.75 Å². The Labute approximate surface area is 146 Å². The topological polar surface area (TPSA) is 72.6 Å². The Balaban J connectivity index is 2.16. The number of carboxylic acid groups (broad SMARTS) is 1. The van der Waals surface area contributed by atoms with Crippen LogP contribution < -0.4 is 4.74 Å². The first-order valence-electron chi connectivity index (χ1n) is 7.25. The van der Waals surface area contributed by atoms with Crippen LogP contribution in [0.1, 0.15) is 12.8 Å². The molecule has 0 amide bonds. The second-order valence-electron chi connectivity index (χ2n) is 5.14. The number of benzene rings is 1. The maximum Gasteiger partial charge on any atom is 0.573 e. The molecule has 2 aromatic rings. The number of hydrogen-bond acceptors (Lipinski definition) is 4. The lowest BCUT2D eigenvalue weighted by Gasteiger charge is -2.09. The zero-order valence-electron chi connectivity index (χ0n) is 13.6. The van der Waals surface area contributed by atoms with E-state index in [1.54, 1.807) is 6.07 Å². The van der Waals surface area contributed by atoms with E-state index in [-0.39, 0.29) is 23.0 Å². The largest absolute Gasteiger partial charge is 0.573 e. The van der Waals surface area contributed by atoms with Gasteiger partial charge in [0.2, 0.25) is 5.89 Å². The van der Waals surface area contributed by atoms with E-state index < -0.39 is 12.3 Å². The van der Waals surface area contributed by atoms with Crippen molar-refractivity contribution < 1.29 is 32.2 Å². The number of halogens is 3. The summed E-state index contributed by atoms with van der Waals surface area (Å²) in [6.45, 7) is 5.19. The molecule has 0 bridgehead atoms. The lowest BCUT2D eigenvalue weighted by Crippen LogP contribution is -2.17. The average Bonchev–Trinajstić information content (AvgIpc) is 3.03. The van der Waals surface area contributed by atoms with E-state index in [1.807, 2.05) is 0 Å². The van der Waals surface area contributed by atoms with E-state index in [1.165, 1.54) is 49.5 Å². The van der Waals surface area contributed by atoms with Gasteiger partial charge < -0.3 is 14.3 Å². The number of oxazole rings is 1. The first-order valence-corrected chi connectivity index (χ1v) is 7.25. The molecule has 1 heterocycles. The van der Waals surface area contributed by atoms with Crippen molar-refractivity contribution >= 4 is 11.5 Å². The van der Waals surface area contributed by atoms with Crippen LogP contribution in [0.2, 0.25) is 0 Å². The molecule has 0 radical (unpaired) electrons. The van der Waals surface area contributed by atoms with Gasteiger partial charge in [0.25, 0.3) is 0 Å². The van der Waals surface area contributed by atoms with Gasteiger partial charge in [-0.3, -0.25) is 0 Å². The van der Waals surface area contributed by atoms with Crippen LogP contribution in [-0.4, -0.2) is 22.4 Å². The number of rotatable bonds is 6. The highest BCUT2D eigenvalue weighted by Gasteiger charge is 2.31. The normalized spacial score (nSPS) is 12.4. The van der Waals surface area contributed by atoms with Gasteiger partial charge >= 0.3 is 12.3 Å². The fraction of sp³-hybridized carbons (Fsp3) is 0.111. The van der Waals surface area contributed by atoms with Gasteiger partial charge in [-0.05, 0) is 19.1 Å². The summed E-state index contributed by atoms with van der Waals surface area (Å²) in [7, 11) is 0. The number of aliphatic carboxylic acids is 1. The molecule has 26 heavy (non-hydrogen) atoms. The van der Waals surface area contributed by atoms with Crippen molar-refractivity contribution in [1.82, 2.24) is 4.98 Å². The van der Waals surface area contributed by atoms with Crippen LogP contribution >= 0.6 is 0 Å². The Hall–Kier alpha value is -3.29. The maximum absolute atomic E-state index is 12.3. The lowest BCUT2D eigenvalue weighted by atomic mass is 10.2. The Morgan fingerprint density at radius 2 is 2.12 bits per heavy atom. The first kappa shape index (κ1) is 19.0. The molecule has 5 nitrogen and oxygen atoms in total. The summed E-state index contributed by atoms with van der Waals surface area (Å²) in [5, 5.41) is 8.75. The fourth-order valence-corrected chi connectivity index (χ4v) is 1.85. The van der Waals surface area contributed by atoms with Gasteiger partial charge in [-0.2, -0.15) is 0 Å². The minimum atomic E-state index is -4.79. The molecule has 0 saturated carbocycles. The van der Waals surface area contributed by atoms with Gasteiger partial charge in [-0.15, -0.1) is 13.2 Å². The summed E-state index contributed by atoms with van der Waals surface area (Å²) in [6, 6.07) is 5.29. The van der Waals surface area contributed by atoms with Crippen molar-refractivity contribution in [2.75, 3.05) is 0 Å². The van der Waals surface area contributed by atoms with Gasteiger partial charge in [-0.25, -0.2) is 9.78 Å². The van der Waals surface area contributed by atoms with Crippen LogP contribution in [0.25, 0.3) is 16.9 Å². The smallest absolute Gasteiger partial charge is 0.478 e. The van der Waals surface area contributed by atoms with Gasteiger partial charge in [0.05, 0.1) is 6.20 Å². The molecule has 136 valence electrons. The number of hydrogen-bond donors (Lipinski definition) is 1. The maximum atomic E-state index is 12.3. The number of carboxylic acids is 1. The number of ether oxygens (including phenoxy) is 1. The molecule has 0 fully saturated rings. The van der Waals surface area contributed by atoms with E-state index >= 15 is 0 Å². The molecule has 0 unspecified atom stereocenters. The zero-order valence-corrected chi connectivity index (χ0v) is 13.6. The van der Waals surface area contributed by atoms with Gasteiger partial charge in [0.15, 0.2) is 5.76 Å². The first-order chi connectivity index (χ1) is 12.2. The lowest BCUT2D eigenvalue weighted by molar-refractivity contribution is -0.274. The highest BCUT2D eigenvalue weighted by molar-refractivity contribution is 5.86. The van der Waals surface area contributed by atoms with E-state index in [0.29, 0.717) is 11.1 Å². The fourth-order valence-electron chi connectivity index (χ4n) is 1.85. The third kappa shape index (κ3) is 5.37. The molecule has 1 aromatic heterocycles. The van der Waals surface area contributed by atoms with E-state index in [0.717, 1.165) is 0 Å². The number of carbonyl (C=O) groups is 1. The minimum Gasteiger partial charge on any atom is -0.478 e. The van der Waals surface area contributed by atoms with Crippen molar-refractivity contribution in [3.63, 3.8) is 0 Å². The molecule has 0 aliphatic carbocycles. The third-order valence-corrected chi connectivity index (χ3v) is 3.11. The van der Waals surface area contributed by atoms with Crippen molar-refractivity contribution in [3.05, 3.63) is 66.7 Å². The number of aromatic nitrogens is 1. The van der Waals surface area contributed by atoms with Crippen molar-refractivity contribution in [2.45, 2.75) is 13.3 Å². The number of nitrogens with zero attached hydrogens (tertiary/aromatic N) is 1. The Morgan fingerprint density at radius 3 is 2.77 bits per heavy atom. The van der Waals surface area contributed by atoms with Crippen LogP contribution in [0.4, 0.5) is 13.2 Å². The predicted molar refractivity (Wildman–Crippen MR) is 88.2 cm³/mol. The monoisotopic (exact) mass is 365 g/mol. The molecule has 2 rings (SSSR count). The van der Waals surface area contributed by atoms with Gasteiger partial charge in [-0.1, -0.05) is 36.9 Å². The SMILES string of the molecule is C=C(/C=C\C=C(/C)C(=O)O)c1ncc(-c2cccc(OC(F)(F)F)c2)o1. The minimum absolute atomic E-state index is 0.142. The molecular weight excluding hydrogens is 351 g/mol. The standard InChI is InChI=1S/C18H14F3NO4/c1-11(5-3-6-12(2)17(23)24)16-22-10-15(25-16)13-7-4-8-14(9-13)26-18(19,20)21/h3-10H,1H2,2H3,(H,23,24)/b5-3-,12-6+. The Bertz CT molecular complexity index is 879. The second-order valence-corrected chi connectivity index (χ2v) is 5.14. The summed E-state index contributed by atoms with van der Waals surface area (Å²) in [4.78, 5) is 14.7. The predicted octanol–water partition coefficient (Wildman–Crippen LogP) is 4.84. The Morgan fingerprint density at radius 1 is 1.38 bits per heavy atom. The average molecular weight is 365 g/mol. The van der Waals surface area contributed by atoms with Crippen LogP contribution in [0.15, 0.2) is 65.3 Å². The van der Waals surface area contributed by atoms with Crippen molar-refractivity contribution in [3.8, 4) is 17.1 Å². The van der Waals surface area contributed by atoms with Crippen LogP contribution in [0.3, 0.4) is 0 Å². The van der Waals surface area contributed by atoms with Crippen LogP contribution in [0, 0.1) is 0 Å². The van der Waals surface area contributed by atoms with Gasteiger partial charge in [0, 0.05) is 16.7 Å². The summed E-state index contributed by atoms with van der Waals surface area (Å²) < 4.78 is 46.2. The molecule has 0 atom stereocenters. The van der Waals surface area contributed by atoms with Crippen LogP contribution in [0.5, 0.6) is 5.75 Å². The van der Waals surface area contributed by atoms with E-state index in [2.05, 4.69) is 16.3 Å². The van der Waals surface area contributed by atoms with Crippen molar-refractivity contribution in [1.29, 1.82) is 0 Å². The molecule has 8 heteroatoms. The number of alkyl halides is 3. The van der Waals surface area contributed by atoms with Crippen LogP contribution in [-0.2, 0) is 4.79 Å².